The van der Waals surface area contributed by atoms with Crippen molar-refractivity contribution in [3.63, 3.8) is 0 Å². The smallest absolute Gasteiger partial charge is 0.369 e. The highest BCUT2D eigenvalue weighted by Crippen LogP contribution is 1.87. The van der Waals surface area contributed by atoms with Crippen molar-refractivity contribution in [2.24, 2.45) is 23.1 Å². The van der Waals surface area contributed by atoms with E-state index in [1.54, 1.807) is 0 Å². The van der Waals surface area contributed by atoms with Gasteiger partial charge in [-0.05, 0) is 0 Å². The zero-order valence-electron chi connectivity index (χ0n) is 7.91. The summed E-state index contributed by atoms with van der Waals surface area (Å²) in [7, 11) is -3.29. The lowest BCUT2D eigenvalue weighted by atomic mass is 10.1. The van der Waals surface area contributed by atoms with Crippen molar-refractivity contribution in [2.75, 3.05) is 13.7 Å². The second-order valence-electron chi connectivity index (χ2n) is 2.19. The van der Waals surface area contributed by atoms with E-state index in [1.165, 1.54) is 0 Å². The maximum absolute atomic E-state index is 10.2. The first-order valence-corrected chi connectivity index (χ1v) is 4.84. The van der Waals surface area contributed by atoms with Crippen LogP contribution in [0.25, 0.3) is 0 Å². The molecular weight excluding hydrogens is 230 g/mol. The Morgan fingerprint density at radius 2 is 1.60 bits per heavy atom. The van der Waals surface area contributed by atoms with Crippen molar-refractivity contribution >= 4 is 22.2 Å². The molecule has 0 aromatic carbocycles. The summed E-state index contributed by atoms with van der Waals surface area (Å²) < 4.78 is 29.7. The Hall–Kier alpha value is -1.23. The van der Waals surface area contributed by atoms with Gasteiger partial charge in [0.2, 0.25) is 11.8 Å². The Kier molecular flexibility index (Phi) is 7.69. The highest BCUT2D eigenvalue weighted by atomic mass is 32.3. The number of carbonyl (C=O) groups excluding carboxylic acids is 2. The summed E-state index contributed by atoms with van der Waals surface area (Å²) in [4.78, 5) is 20.4. The Morgan fingerprint density at radius 3 is 1.60 bits per heavy atom. The van der Waals surface area contributed by atoms with Crippen molar-refractivity contribution in [3.05, 3.63) is 0 Å². The van der Waals surface area contributed by atoms with Crippen LogP contribution in [0.3, 0.4) is 0 Å². The van der Waals surface area contributed by atoms with Crippen molar-refractivity contribution in [3.8, 4) is 0 Å². The summed E-state index contributed by atoms with van der Waals surface area (Å²) in [5.41, 5.74) is 14.4. The van der Waals surface area contributed by atoms with Gasteiger partial charge in [0.15, 0.2) is 0 Å². The summed E-state index contributed by atoms with van der Waals surface area (Å²) in [5, 5.41) is 0. The largest absolute Gasteiger partial charge is 0.397 e. The fraction of sp³-hybridized carbons (Fsp3) is 0.600. The fourth-order valence-electron chi connectivity index (χ4n) is 0.373. The molecule has 0 aromatic rings. The Morgan fingerprint density at radius 1 is 1.33 bits per heavy atom. The molecule has 0 aliphatic carbocycles. The summed E-state index contributed by atoms with van der Waals surface area (Å²) >= 11 is 0. The average Bonchev–Trinajstić information content (AvgIpc) is 2.03. The van der Waals surface area contributed by atoms with Crippen LogP contribution < -0.4 is 17.2 Å². The van der Waals surface area contributed by atoms with E-state index in [-0.39, 0.29) is 6.54 Å². The van der Waals surface area contributed by atoms with Crippen LogP contribution in [0.2, 0.25) is 0 Å². The molecule has 0 radical (unpaired) electrons. The molecule has 0 spiro atoms. The van der Waals surface area contributed by atoms with E-state index in [2.05, 4.69) is 4.18 Å². The number of hydrogen-bond donors (Lipinski definition) is 4. The quantitative estimate of drug-likeness (QED) is 0.299. The minimum atomic E-state index is -4.16. The van der Waals surface area contributed by atoms with Gasteiger partial charge in [-0.25, -0.2) is 0 Å². The lowest BCUT2D eigenvalue weighted by Crippen LogP contribution is -2.39. The van der Waals surface area contributed by atoms with Crippen molar-refractivity contribution in [2.45, 2.75) is 0 Å². The van der Waals surface area contributed by atoms with Crippen LogP contribution >= 0.6 is 0 Å². The lowest BCUT2D eigenvalue weighted by Gasteiger charge is -2.02. The maximum atomic E-state index is 10.2. The molecule has 0 aliphatic heterocycles. The third-order valence-corrected chi connectivity index (χ3v) is 1.55. The molecular formula is C5H13N3O6S. The maximum Gasteiger partial charge on any atom is 0.397 e. The fourth-order valence-corrected chi connectivity index (χ4v) is 0.373. The van der Waals surface area contributed by atoms with Crippen LogP contribution in [-0.4, -0.2) is 38.4 Å². The van der Waals surface area contributed by atoms with Crippen molar-refractivity contribution in [1.29, 1.82) is 0 Å². The zero-order valence-corrected chi connectivity index (χ0v) is 8.73. The van der Waals surface area contributed by atoms with Gasteiger partial charge < -0.3 is 17.2 Å². The monoisotopic (exact) mass is 243 g/mol. The zero-order chi connectivity index (χ0) is 12.6. The minimum Gasteiger partial charge on any atom is -0.369 e. The van der Waals surface area contributed by atoms with Gasteiger partial charge in [0, 0.05) is 6.54 Å². The van der Waals surface area contributed by atoms with Gasteiger partial charge in [-0.3, -0.25) is 18.3 Å². The number of nitrogens with two attached hydrogens (primary N) is 3. The summed E-state index contributed by atoms with van der Waals surface area (Å²) in [6.45, 7) is -0.120. The Labute approximate surface area is 86.5 Å². The topological polar surface area (TPSA) is 176 Å². The number of amides is 2. The molecule has 10 heteroatoms. The second-order valence-corrected chi connectivity index (χ2v) is 3.38. The second kappa shape index (κ2) is 7.11. The van der Waals surface area contributed by atoms with E-state index in [1.807, 2.05) is 0 Å². The SMILES string of the molecule is COS(=O)(=O)O.NCC(C(N)=O)C(N)=O. The van der Waals surface area contributed by atoms with Crippen LogP contribution in [-0.2, 0) is 24.2 Å². The van der Waals surface area contributed by atoms with Gasteiger partial charge in [0.25, 0.3) is 0 Å². The molecule has 7 N–H and O–H groups in total. The highest BCUT2D eigenvalue weighted by Gasteiger charge is 2.18. The molecule has 0 aliphatic rings. The molecule has 0 rings (SSSR count). The molecule has 2 amide bonds. The average molecular weight is 243 g/mol. The van der Waals surface area contributed by atoms with Gasteiger partial charge in [-0.15, -0.1) is 0 Å². The van der Waals surface area contributed by atoms with Crippen LogP contribution in [0.4, 0.5) is 0 Å². The lowest BCUT2D eigenvalue weighted by molar-refractivity contribution is -0.131. The summed E-state index contributed by atoms with van der Waals surface area (Å²) in [6.07, 6.45) is 0. The summed E-state index contributed by atoms with van der Waals surface area (Å²) in [5.74, 6) is -2.57. The van der Waals surface area contributed by atoms with E-state index in [9.17, 15) is 18.0 Å². The molecule has 0 saturated carbocycles. The molecule has 0 saturated heterocycles. The third-order valence-electron chi connectivity index (χ3n) is 1.13. The van der Waals surface area contributed by atoms with Gasteiger partial charge in [0.1, 0.15) is 5.92 Å². The minimum absolute atomic E-state index is 0.120. The third kappa shape index (κ3) is 10.7. The number of primary amides is 2. The first-order valence-electron chi connectivity index (χ1n) is 3.47. The predicted octanol–water partition coefficient (Wildman–Crippen LogP) is -3.03. The van der Waals surface area contributed by atoms with E-state index in [0.717, 1.165) is 7.11 Å². The normalized spacial score (nSPS) is 10.4. The first-order chi connectivity index (χ1) is 6.65. The molecule has 0 atom stereocenters. The Balaban J connectivity index is 0. The molecule has 0 unspecified atom stereocenters. The van der Waals surface area contributed by atoms with Gasteiger partial charge in [0.05, 0.1) is 7.11 Å². The first kappa shape index (κ1) is 16.2. The predicted molar refractivity (Wildman–Crippen MR) is 49.5 cm³/mol. The molecule has 90 valence electrons. The van der Waals surface area contributed by atoms with Gasteiger partial charge >= 0.3 is 10.4 Å². The van der Waals surface area contributed by atoms with Crippen LogP contribution in [0.15, 0.2) is 0 Å². The number of carbonyl (C=O) groups is 2. The number of rotatable bonds is 4. The molecule has 0 aromatic heterocycles. The molecule has 9 nitrogen and oxygen atoms in total. The van der Waals surface area contributed by atoms with E-state index in [4.69, 9.17) is 21.8 Å². The van der Waals surface area contributed by atoms with Crippen molar-refractivity contribution < 1.29 is 26.7 Å². The van der Waals surface area contributed by atoms with E-state index >= 15 is 0 Å². The van der Waals surface area contributed by atoms with Crippen LogP contribution in [0.5, 0.6) is 0 Å². The van der Waals surface area contributed by atoms with E-state index < -0.39 is 28.1 Å². The molecule has 0 heterocycles. The number of hydrogen-bond acceptors (Lipinski definition) is 6. The standard InChI is InChI=1S/C4H9N3O2.CH4O4S/c5-1-2(3(6)8)4(7)9;1-5-6(2,3)4/h2H,1,5H2,(H2,6,8)(H2,7,9);1H3,(H,2,3,4). The van der Waals surface area contributed by atoms with Gasteiger partial charge in [-0.1, -0.05) is 0 Å². The van der Waals surface area contributed by atoms with Gasteiger partial charge in [-0.2, -0.15) is 8.42 Å². The van der Waals surface area contributed by atoms with Crippen LogP contribution in [0, 0.1) is 5.92 Å². The van der Waals surface area contributed by atoms with E-state index in [0.29, 0.717) is 0 Å². The Bertz CT molecular complexity index is 299. The van der Waals surface area contributed by atoms with Crippen molar-refractivity contribution in [1.82, 2.24) is 0 Å². The van der Waals surface area contributed by atoms with Crippen LogP contribution in [0.1, 0.15) is 0 Å². The molecule has 0 bridgehead atoms. The summed E-state index contributed by atoms with van der Waals surface area (Å²) in [6, 6.07) is 0. The molecule has 0 fully saturated rings. The highest BCUT2D eigenvalue weighted by molar-refractivity contribution is 7.80. The molecule has 15 heavy (non-hydrogen) atoms.